The first-order valence-electron chi connectivity index (χ1n) is 8.59. The molecule has 1 aromatic rings. The van der Waals surface area contributed by atoms with Crippen LogP contribution in [0, 0.1) is 0 Å². The average Bonchev–Trinajstić information content (AvgIpc) is 2.64. The molecule has 9 nitrogen and oxygen atoms in total. The summed E-state index contributed by atoms with van der Waals surface area (Å²) in [6.45, 7) is 6.24. The predicted octanol–water partition coefficient (Wildman–Crippen LogP) is 1.12. The number of amides is 2. The largest absolute Gasteiger partial charge is 0.464 e. The van der Waals surface area contributed by atoms with E-state index in [9.17, 15) is 14.4 Å². The van der Waals surface area contributed by atoms with Crippen molar-refractivity contribution >= 4 is 18.0 Å². The van der Waals surface area contributed by atoms with Crippen LogP contribution in [0.5, 0.6) is 0 Å². The van der Waals surface area contributed by atoms with Gasteiger partial charge in [-0.1, -0.05) is 6.07 Å². The third-order valence-electron chi connectivity index (χ3n) is 3.75. The molecule has 2 amide bonds. The predicted molar refractivity (Wildman–Crippen MR) is 95.0 cm³/mol. The second kappa shape index (κ2) is 8.81. The number of aromatic nitrogens is 1. The Bertz CT molecular complexity index is 683. The van der Waals surface area contributed by atoms with E-state index in [1.54, 1.807) is 26.8 Å². The number of esters is 1. The molecule has 1 atom stereocenters. The van der Waals surface area contributed by atoms with Gasteiger partial charge >= 0.3 is 12.1 Å². The van der Waals surface area contributed by atoms with Crippen molar-refractivity contribution < 1.29 is 28.6 Å². The minimum absolute atomic E-state index is 0.102. The number of hydrogen-bond donors (Lipinski definition) is 1. The maximum Gasteiger partial charge on any atom is 0.411 e. The van der Waals surface area contributed by atoms with E-state index in [4.69, 9.17) is 9.47 Å². The smallest absolute Gasteiger partial charge is 0.411 e. The van der Waals surface area contributed by atoms with Crippen LogP contribution in [0.15, 0.2) is 18.3 Å². The molecule has 0 spiro atoms. The second-order valence-corrected chi connectivity index (χ2v) is 7.03. The number of nitrogens with zero attached hydrogens (tertiary/aromatic N) is 2. The zero-order valence-electron chi connectivity index (χ0n) is 16.0. The van der Waals surface area contributed by atoms with Crippen LogP contribution < -0.4 is 5.32 Å². The number of hydrogen-bond acceptors (Lipinski definition) is 7. The number of ether oxygens (including phenoxy) is 3. The summed E-state index contributed by atoms with van der Waals surface area (Å²) >= 11 is 0. The Morgan fingerprint density at radius 2 is 2.07 bits per heavy atom. The Balaban J connectivity index is 1.96. The van der Waals surface area contributed by atoms with Gasteiger partial charge in [0.15, 0.2) is 0 Å². The standard InChI is InChI=1S/C18H25N3O6/c1-18(2,3)27-17(24)21-7-8-26-11-14(21)15(22)20-10-12-5-6-13(19-9-12)16(23)25-4/h5-6,9,14H,7-8,10-11H2,1-4H3,(H,20,22)/t14-/m1/s1. The van der Waals surface area contributed by atoms with Crippen LogP contribution in [-0.2, 0) is 25.5 Å². The van der Waals surface area contributed by atoms with Crippen LogP contribution in [0.4, 0.5) is 4.79 Å². The van der Waals surface area contributed by atoms with E-state index in [-0.39, 0.29) is 31.3 Å². The zero-order chi connectivity index (χ0) is 20.0. The van der Waals surface area contributed by atoms with E-state index in [0.29, 0.717) is 12.2 Å². The van der Waals surface area contributed by atoms with Gasteiger partial charge in [0.25, 0.3) is 0 Å². The minimum atomic E-state index is -0.768. The minimum Gasteiger partial charge on any atom is -0.464 e. The first kappa shape index (κ1) is 20.6. The van der Waals surface area contributed by atoms with E-state index < -0.39 is 23.7 Å². The molecular formula is C18H25N3O6. The maximum atomic E-state index is 12.5. The molecule has 0 saturated carbocycles. The summed E-state index contributed by atoms with van der Waals surface area (Å²) in [6, 6.07) is 2.42. The van der Waals surface area contributed by atoms with Gasteiger partial charge in [-0.25, -0.2) is 14.6 Å². The average molecular weight is 379 g/mol. The number of pyridine rings is 1. The van der Waals surface area contributed by atoms with Crippen molar-refractivity contribution in [2.75, 3.05) is 26.9 Å². The molecule has 1 saturated heterocycles. The fraction of sp³-hybridized carbons (Fsp3) is 0.556. The molecule has 1 fully saturated rings. The molecule has 0 aromatic carbocycles. The van der Waals surface area contributed by atoms with Gasteiger partial charge in [-0.3, -0.25) is 9.69 Å². The lowest BCUT2D eigenvalue weighted by Gasteiger charge is -2.35. The SMILES string of the molecule is COC(=O)c1ccc(CNC(=O)[C@H]2COCCN2C(=O)OC(C)(C)C)cn1. The van der Waals surface area contributed by atoms with Crippen LogP contribution in [0.2, 0.25) is 0 Å². The van der Waals surface area contributed by atoms with Crippen molar-refractivity contribution in [1.29, 1.82) is 0 Å². The Morgan fingerprint density at radius 1 is 1.33 bits per heavy atom. The number of nitrogens with one attached hydrogen (secondary N) is 1. The van der Waals surface area contributed by atoms with Gasteiger partial charge in [0, 0.05) is 19.3 Å². The molecule has 0 bridgehead atoms. The lowest BCUT2D eigenvalue weighted by atomic mass is 10.2. The van der Waals surface area contributed by atoms with E-state index in [1.165, 1.54) is 24.3 Å². The highest BCUT2D eigenvalue weighted by Gasteiger charge is 2.35. The number of rotatable bonds is 4. The third kappa shape index (κ3) is 5.92. The first-order valence-corrected chi connectivity index (χ1v) is 8.59. The quantitative estimate of drug-likeness (QED) is 0.781. The number of carbonyl (C=O) groups excluding carboxylic acids is 3. The molecule has 148 valence electrons. The van der Waals surface area contributed by atoms with Crippen molar-refractivity contribution in [3.8, 4) is 0 Å². The molecule has 1 aliphatic heterocycles. The summed E-state index contributed by atoms with van der Waals surface area (Å²) in [5.74, 6) is -0.879. The summed E-state index contributed by atoms with van der Waals surface area (Å²) in [5.41, 5.74) is 0.240. The van der Waals surface area contributed by atoms with Crippen molar-refractivity contribution in [1.82, 2.24) is 15.2 Å². The summed E-state index contributed by atoms with van der Waals surface area (Å²) in [4.78, 5) is 41.6. The van der Waals surface area contributed by atoms with Gasteiger partial charge in [-0.05, 0) is 32.4 Å². The molecule has 1 aliphatic rings. The number of morpholine rings is 1. The molecule has 27 heavy (non-hydrogen) atoms. The van der Waals surface area contributed by atoms with Crippen molar-refractivity contribution in [2.24, 2.45) is 0 Å². The van der Waals surface area contributed by atoms with Crippen LogP contribution in [0.1, 0.15) is 36.8 Å². The van der Waals surface area contributed by atoms with Gasteiger partial charge in [-0.2, -0.15) is 0 Å². The van der Waals surface area contributed by atoms with Crippen LogP contribution in [-0.4, -0.2) is 66.4 Å². The van der Waals surface area contributed by atoms with E-state index in [1.807, 2.05) is 0 Å². The summed E-state index contributed by atoms with van der Waals surface area (Å²) < 4.78 is 15.3. The summed E-state index contributed by atoms with van der Waals surface area (Å²) in [7, 11) is 1.28. The Morgan fingerprint density at radius 3 is 2.67 bits per heavy atom. The van der Waals surface area contributed by atoms with E-state index in [0.717, 1.165) is 0 Å². The van der Waals surface area contributed by atoms with Crippen molar-refractivity contribution in [2.45, 2.75) is 39.0 Å². The Hall–Kier alpha value is -2.68. The molecule has 2 rings (SSSR count). The molecule has 1 aromatic heterocycles. The van der Waals surface area contributed by atoms with Gasteiger partial charge in [0.2, 0.25) is 5.91 Å². The van der Waals surface area contributed by atoms with Gasteiger partial charge < -0.3 is 19.5 Å². The molecule has 9 heteroatoms. The third-order valence-corrected chi connectivity index (χ3v) is 3.75. The fourth-order valence-electron chi connectivity index (χ4n) is 2.42. The molecular weight excluding hydrogens is 354 g/mol. The monoisotopic (exact) mass is 379 g/mol. The summed E-state index contributed by atoms with van der Waals surface area (Å²) in [5, 5.41) is 2.75. The molecule has 0 aliphatic carbocycles. The number of carbonyl (C=O) groups is 3. The van der Waals surface area contributed by atoms with Crippen molar-refractivity contribution in [3.63, 3.8) is 0 Å². The first-order chi connectivity index (χ1) is 12.7. The van der Waals surface area contributed by atoms with Gasteiger partial charge in [0.05, 0.1) is 20.3 Å². The van der Waals surface area contributed by atoms with Crippen LogP contribution in [0.3, 0.4) is 0 Å². The maximum absolute atomic E-state index is 12.5. The van der Waals surface area contributed by atoms with Crippen molar-refractivity contribution in [3.05, 3.63) is 29.6 Å². The second-order valence-electron chi connectivity index (χ2n) is 7.03. The zero-order valence-corrected chi connectivity index (χ0v) is 16.0. The lowest BCUT2D eigenvalue weighted by Crippen LogP contribution is -2.56. The lowest BCUT2D eigenvalue weighted by molar-refractivity contribution is -0.132. The van der Waals surface area contributed by atoms with Gasteiger partial charge in [0.1, 0.15) is 17.3 Å². The van der Waals surface area contributed by atoms with Crippen LogP contribution in [0.25, 0.3) is 0 Å². The van der Waals surface area contributed by atoms with E-state index >= 15 is 0 Å². The Kier molecular flexibility index (Phi) is 6.73. The topological polar surface area (TPSA) is 107 Å². The normalized spacial score (nSPS) is 17.2. The highest BCUT2D eigenvalue weighted by Crippen LogP contribution is 2.15. The highest BCUT2D eigenvalue weighted by atomic mass is 16.6. The van der Waals surface area contributed by atoms with E-state index in [2.05, 4.69) is 15.0 Å². The molecule has 0 unspecified atom stereocenters. The molecule has 1 N–H and O–H groups in total. The molecule has 0 radical (unpaired) electrons. The fourth-order valence-corrected chi connectivity index (χ4v) is 2.42. The number of methoxy groups -OCH3 is 1. The molecule has 2 heterocycles. The van der Waals surface area contributed by atoms with Gasteiger partial charge in [-0.15, -0.1) is 0 Å². The Labute approximate surface area is 158 Å². The summed E-state index contributed by atoms with van der Waals surface area (Å²) in [6.07, 6.45) is 0.935. The highest BCUT2D eigenvalue weighted by molar-refractivity contribution is 5.87. The van der Waals surface area contributed by atoms with Crippen LogP contribution >= 0.6 is 0 Å².